The maximum Gasteiger partial charge on any atom is 0.236 e. The highest BCUT2D eigenvalue weighted by Crippen LogP contribution is 2.70. The van der Waals surface area contributed by atoms with Crippen LogP contribution in [0, 0.1) is 17.3 Å². The predicted octanol–water partition coefficient (Wildman–Crippen LogP) is 1.74. The quantitative estimate of drug-likeness (QED) is 0.888. The van der Waals surface area contributed by atoms with Crippen LogP contribution in [-0.2, 0) is 15.0 Å². The number of nitrogens with two attached hydrogens (primary N) is 1. The van der Waals surface area contributed by atoms with Crippen LogP contribution in [0.15, 0.2) is 30.3 Å². The summed E-state index contributed by atoms with van der Waals surface area (Å²) in [6.45, 7) is -0.0453. The van der Waals surface area contributed by atoms with Crippen LogP contribution in [0.2, 0.25) is 0 Å². The van der Waals surface area contributed by atoms with Crippen molar-refractivity contribution in [1.29, 1.82) is 0 Å². The van der Waals surface area contributed by atoms with Gasteiger partial charge >= 0.3 is 0 Å². The van der Waals surface area contributed by atoms with Crippen LogP contribution in [0.5, 0.6) is 0 Å². The van der Waals surface area contributed by atoms with Crippen LogP contribution in [0.3, 0.4) is 0 Å². The number of carbonyl (C=O) groups excluding carboxylic acids is 2. The van der Waals surface area contributed by atoms with E-state index in [1.165, 1.54) is 18.4 Å². The molecular weight excluding hydrogens is 276 g/mol. The fourth-order valence-corrected chi connectivity index (χ4v) is 5.73. The van der Waals surface area contributed by atoms with Crippen molar-refractivity contribution in [3.63, 3.8) is 0 Å². The van der Waals surface area contributed by atoms with Crippen molar-refractivity contribution in [2.45, 2.75) is 37.5 Å². The first-order valence-corrected chi connectivity index (χ1v) is 8.16. The Morgan fingerprint density at radius 2 is 1.95 bits per heavy atom. The fourth-order valence-electron chi connectivity index (χ4n) is 5.73. The topological polar surface area (TPSA) is 72.2 Å². The molecule has 1 aromatic carbocycles. The lowest BCUT2D eigenvalue weighted by Crippen LogP contribution is -2.46. The fraction of sp³-hybridized carbons (Fsp3) is 0.556. The Kier molecular flexibility index (Phi) is 2.87. The normalized spacial score (nSPS) is 38.2. The lowest BCUT2D eigenvalue weighted by Gasteiger charge is -2.41. The highest BCUT2D eigenvalue weighted by molar-refractivity contribution is 5.88. The van der Waals surface area contributed by atoms with Gasteiger partial charge in [-0.05, 0) is 54.9 Å². The first-order chi connectivity index (χ1) is 10.5. The van der Waals surface area contributed by atoms with Crippen molar-refractivity contribution in [2.24, 2.45) is 23.0 Å². The molecule has 4 unspecified atom stereocenters. The summed E-state index contributed by atoms with van der Waals surface area (Å²) >= 11 is 0. The average Bonchev–Trinajstić information content (AvgIpc) is 2.90. The number of amides is 2. The van der Waals surface area contributed by atoms with Crippen LogP contribution in [0.25, 0.3) is 0 Å². The number of hydrogen-bond acceptors (Lipinski definition) is 2. The van der Waals surface area contributed by atoms with E-state index in [2.05, 4.69) is 29.6 Å². The summed E-state index contributed by atoms with van der Waals surface area (Å²) in [6, 6.07) is 10.7. The largest absolute Gasteiger partial charge is 0.368 e. The molecule has 0 radical (unpaired) electrons. The van der Waals surface area contributed by atoms with Gasteiger partial charge in [-0.3, -0.25) is 9.59 Å². The number of benzene rings is 1. The minimum Gasteiger partial charge on any atom is -0.368 e. The summed E-state index contributed by atoms with van der Waals surface area (Å²) in [5.41, 5.74) is 6.45. The van der Waals surface area contributed by atoms with Crippen LogP contribution in [0.4, 0.5) is 0 Å². The number of nitrogens with one attached hydrogen (secondary N) is 1. The molecule has 4 aliphatic carbocycles. The van der Waals surface area contributed by atoms with Gasteiger partial charge in [0.05, 0.1) is 12.0 Å². The SMILES string of the molecule is NC(=O)CNC(=O)C12CC3CC1CC(c1ccccc1)(C3)C2. The molecule has 5 rings (SSSR count). The molecule has 0 heterocycles. The van der Waals surface area contributed by atoms with Gasteiger partial charge in [0.1, 0.15) is 0 Å². The highest BCUT2D eigenvalue weighted by Gasteiger charge is 2.67. The van der Waals surface area contributed by atoms with Gasteiger partial charge in [0, 0.05) is 0 Å². The molecule has 4 heteroatoms. The Labute approximate surface area is 130 Å². The third-order valence-electron chi connectivity index (χ3n) is 6.28. The molecule has 4 saturated carbocycles. The van der Waals surface area contributed by atoms with Crippen molar-refractivity contribution < 1.29 is 9.59 Å². The predicted molar refractivity (Wildman–Crippen MR) is 82.8 cm³/mol. The molecule has 4 fully saturated rings. The van der Waals surface area contributed by atoms with E-state index in [1.807, 2.05) is 6.07 Å². The van der Waals surface area contributed by atoms with Gasteiger partial charge in [-0.1, -0.05) is 30.3 Å². The van der Waals surface area contributed by atoms with E-state index in [-0.39, 0.29) is 23.3 Å². The van der Waals surface area contributed by atoms with Gasteiger partial charge in [0.15, 0.2) is 0 Å². The molecule has 4 aliphatic rings. The molecule has 3 N–H and O–H groups in total. The Bertz CT molecular complexity index is 629. The Hall–Kier alpha value is -1.84. The molecule has 0 aromatic heterocycles. The summed E-state index contributed by atoms with van der Waals surface area (Å²) in [5.74, 6) is 0.683. The van der Waals surface area contributed by atoms with Crippen molar-refractivity contribution >= 4 is 11.8 Å². The molecule has 0 aliphatic heterocycles. The van der Waals surface area contributed by atoms with Crippen molar-refractivity contribution in [1.82, 2.24) is 5.32 Å². The number of carbonyl (C=O) groups is 2. The van der Waals surface area contributed by atoms with Crippen molar-refractivity contribution in [3.05, 3.63) is 35.9 Å². The third kappa shape index (κ3) is 1.82. The number of hydrogen-bond donors (Lipinski definition) is 2. The second kappa shape index (κ2) is 4.58. The van der Waals surface area contributed by atoms with Crippen LogP contribution in [-0.4, -0.2) is 18.4 Å². The van der Waals surface area contributed by atoms with E-state index >= 15 is 0 Å². The molecule has 4 bridgehead atoms. The molecular formula is C18H22N2O2. The second-order valence-corrected chi connectivity index (χ2v) is 7.54. The minimum absolute atomic E-state index is 0.0453. The summed E-state index contributed by atoms with van der Waals surface area (Å²) in [4.78, 5) is 23.7. The Morgan fingerprint density at radius 3 is 2.68 bits per heavy atom. The van der Waals surface area contributed by atoms with E-state index in [1.54, 1.807) is 0 Å². The zero-order valence-corrected chi connectivity index (χ0v) is 12.7. The van der Waals surface area contributed by atoms with E-state index in [9.17, 15) is 9.59 Å². The van der Waals surface area contributed by atoms with Crippen molar-refractivity contribution in [3.8, 4) is 0 Å². The van der Waals surface area contributed by atoms with Gasteiger partial charge in [-0.15, -0.1) is 0 Å². The summed E-state index contributed by atoms with van der Waals surface area (Å²) < 4.78 is 0. The first kappa shape index (κ1) is 13.8. The summed E-state index contributed by atoms with van der Waals surface area (Å²) in [7, 11) is 0. The number of primary amides is 1. The van der Waals surface area contributed by atoms with Gasteiger partial charge in [0.2, 0.25) is 11.8 Å². The van der Waals surface area contributed by atoms with Gasteiger partial charge in [-0.25, -0.2) is 0 Å². The molecule has 4 nitrogen and oxygen atoms in total. The maximum atomic E-state index is 12.8. The Balaban J connectivity index is 1.64. The molecule has 2 amide bonds. The Morgan fingerprint density at radius 1 is 1.18 bits per heavy atom. The van der Waals surface area contributed by atoms with Crippen LogP contribution < -0.4 is 11.1 Å². The molecule has 116 valence electrons. The van der Waals surface area contributed by atoms with E-state index in [0.29, 0.717) is 11.8 Å². The van der Waals surface area contributed by atoms with Gasteiger partial charge < -0.3 is 11.1 Å². The standard InChI is InChI=1S/C18H22N2O2/c19-15(21)10-20-16(22)18-8-12-6-14(18)9-17(7-12,11-18)13-4-2-1-3-5-13/h1-5,12,14H,6-11H2,(H2,19,21)(H,20,22). The first-order valence-electron chi connectivity index (χ1n) is 8.16. The smallest absolute Gasteiger partial charge is 0.236 e. The van der Waals surface area contributed by atoms with Crippen LogP contribution >= 0.6 is 0 Å². The molecule has 22 heavy (non-hydrogen) atoms. The number of rotatable bonds is 4. The van der Waals surface area contributed by atoms with E-state index in [0.717, 1.165) is 19.3 Å². The minimum atomic E-state index is -0.472. The van der Waals surface area contributed by atoms with E-state index in [4.69, 9.17) is 5.73 Å². The van der Waals surface area contributed by atoms with Crippen molar-refractivity contribution in [2.75, 3.05) is 6.54 Å². The third-order valence-corrected chi connectivity index (χ3v) is 6.28. The molecule has 0 spiro atoms. The summed E-state index contributed by atoms with van der Waals surface area (Å²) in [6.07, 6.45) is 5.39. The second-order valence-electron chi connectivity index (χ2n) is 7.54. The van der Waals surface area contributed by atoms with Gasteiger partial charge in [0.25, 0.3) is 0 Å². The maximum absolute atomic E-state index is 12.8. The van der Waals surface area contributed by atoms with E-state index < -0.39 is 5.91 Å². The molecule has 1 aromatic rings. The summed E-state index contributed by atoms with van der Waals surface area (Å²) in [5, 5.41) is 2.78. The monoisotopic (exact) mass is 298 g/mol. The average molecular weight is 298 g/mol. The van der Waals surface area contributed by atoms with Gasteiger partial charge in [-0.2, -0.15) is 0 Å². The zero-order chi connectivity index (χ0) is 15.4. The zero-order valence-electron chi connectivity index (χ0n) is 12.7. The highest BCUT2D eigenvalue weighted by atomic mass is 16.2. The lowest BCUT2D eigenvalue weighted by molar-refractivity contribution is -0.134. The van der Waals surface area contributed by atoms with Crippen LogP contribution in [0.1, 0.15) is 37.7 Å². The lowest BCUT2D eigenvalue weighted by atomic mass is 9.63. The molecule has 4 atom stereocenters. The molecule has 0 saturated heterocycles.